The van der Waals surface area contributed by atoms with Crippen molar-refractivity contribution in [1.82, 2.24) is 5.06 Å². The molecule has 0 unspecified atom stereocenters. The highest BCUT2D eigenvalue weighted by Crippen LogP contribution is 2.49. The van der Waals surface area contributed by atoms with Crippen LogP contribution in [0.4, 0.5) is 0 Å². The molecule has 0 aromatic rings. The number of hydrogen-bond donors (Lipinski definition) is 0. The van der Waals surface area contributed by atoms with Gasteiger partial charge in [0.05, 0.1) is 25.9 Å². The molecule has 9 heteroatoms. The van der Waals surface area contributed by atoms with Gasteiger partial charge < -0.3 is 4.74 Å². The first-order chi connectivity index (χ1) is 9.40. The third-order valence-electron chi connectivity index (χ3n) is 2.56. The monoisotopic (exact) mass is 311 g/mol. The summed E-state index contributed by atoms with van der Waals surface area (Å²) >= 11 is 0. The maximum absolute atomic E-state index is 12.1. The summed E-state index contributed by atoms with van der Waals surface area (Å²) in [6.45, 7) is 5.26. The highest BCUT2D eigenvalue weighted by atomic mass is 31.2. The largest absolute Gasteiger partial charge is 0.474 e. The predicted molar refractivity (Wildman–Crippen MR) is 69.6 cm³/mol. The molecule has 1 aliphatic heterocycles. The zero-order valence-corrected chi connectivity index (χ0v) is 13.1. The van der Waals surface area contributed by atoms with Crippen molar-refractivity contribution in [2.75, 3.05) is 26.9 Å². The van der Waals surface area contributed by atoms with Crippen molar-refractivity contribution in [3.05, 3.63) is 0 Å². The van der Waals surface area contributed by atoms with Gasteiger partial charge in [0.1, 0.15) is 0 Å². The van der Waals surface area contributed by atoms with Gasteiger partial charge >= 0.3 is 13.8 Å². The van der Waals surface area contributed by atoms with Crippen LogP contribution in [0.15, 0.2) is 0 Å². The van der Waals surface area contributed by atoms with Gasteiger partial charge in [-0.1, -0.05) is 0 Å². The topological polar surface area (TPSA) is 83.5 Å². The molecule has 0 amide bonds. The lowest BCUT2D eigenvalue weighted by Crippen LogP contribution is -2.28. The van der Waals surface area contributed by atoms with Crippen LogP contribution in [0.3, 0.4) is 0 Å². The molecule has 1 aliphatic rings. The van der Waals surface area contributed by atoms with E-state index in [-0.39, 0.29) is 25.9 Å². The fraction of sp³-hybridized carbons (Fsp3) is 0.909. The molecule has 0 aromatic carbocycles. The summed E-state index contributed by atoms with van der Waals surface area (Å²) in [5, 5.41) is 1.51. The molecule has 0 aliphatic carbocycles. The molecule has 1 heterocycles. The van der Waals surface area contributed by atoms with Crippen molar-refractivity contribution in [1.29, 1.82) is 0 Å². The number of phosphoric ester groups is 1. The zero-order valence-electron chi connectivity index (χ0n) is 12.2. The van der Waals surface area contributed by atoms with Crippen LogP contribution < -0.4 is 0 Å². The summed E-state index contributed by atoms with van der Waals surface area (Å²) in [6, 6.07) is -0.200. The van der Waals surface area contributed by atoms with Crippen LogP contribution in [0, 0.1) is 0 Å². The number of esters is 1. The highest BCUT2D eigenvalue weighted by Gasteiger charge is 2.36. The first kappa shape index (κ1) is 17.6. The van der Waals surface area contributed by atoms with Gasteiger partial charge in [-0.05, 0) is 13.8 Å². The van der Waals surface area contributed by atoms with E-state index < -0.39 is 20.1 Å². The molecule has 8 nitrogen and oxygen atoms in total. The lowest BCUT2D eigenvalue weighted by Gasteiger charge is -2.20. The summed E-state index contributed by atoms with van der Waals surface area (Å²) < 4.78 is 32.4. The predicted octanol–water partition coefficient (Wildman–Crippen LogP) is 1.71. The highest BCUT2D eigenvalue weighted by molar-refractivity contribution is 7.48. The van der Waals surface area contributed by atoms with Crippen molar-refractivity contribution in [3.63, 3.8) is 0 Å². The molecule has 2 atom stereocenters. The molecule has 1 rings (SSSR count). The van der Waals surface area contributed by atoms with Gasteiger partial charge in [-0.25, -0.2) is 4.57 Å². The van der Waals surface area contributed by atoms with Crippen LogP contribution in [-0.4, -0.2) is 50.2 Å². The van der Waals surface area contributed by atoms with Gasteiger partial charge in [-0.3, -0.25) is 23.2 Å². The third kappa shape index (κ3) is 5.47. The molecule has 20 heavy (non-hydrogen) atoms. The maximum atomic E-state index is 12.1. The Labute approximate surface area is 118 Å². The smallest absolute Gasteiger partial charge is 0.434 e. The Morgan fingerprint density at radius 1 is 1.30 bits per heavy atom. The Balaban J connectivity index is 2.47. The van der Waals surface area contributed by atoms with Crippen LogP contribution in [0.1, 0.15) is 27.2 Å². The van der Waals surface area contributed by atoms with E-state index in [1.165, 1.54) is 12.0 Å². The van der Waals surface area contributed by atoms with Crippen LogP contribution in [0.25, 0.3) is 0 Å². The minimum absolute atomic E-state index is 0.0888. The van der Waals surface area contributed by atoms with Crippen molar-refractivity contribution < 1.29 is 32.5 Å². The molecule has 118 valence electrons. The summed E-state index contributed by atoms with van der Waals surface area (Å²) in [4.78, 5) is 16.2. The molecule has 0 radical (unpaired) electrons. The van der Waals surface area contributed by atoms with Gasteiger partial charge in [0.25, 0.3) is 0 Å². The first-order valence-corrected chi connectivity index (χ1v) is 7.96. The molecular weight excluding hydrogens is 289 g/mol. The Kier molecular flexibility index (Phi) is 7.08. The Bertz CT molecular complexity index is 355. The Hall–Kier alpha value is -0.500. The number of nitrogens with zero attached hydrogens (tertiary/aromatic N) is 1. The zero-order chi connectivity index (χ0) is 15.2. The normalized spacial score (nSPS) is 24.0. The number of hydrogen-bond acceptors (Lipinski definition) is 8. The molecule has 0 spiro atoms. The van der Waals surface area contributed by atoms with Crippen LogP contribution in [0.2, 0.25) is 0 Å². The second-order valence-corrected chi connectivity index (χ2v) is 5.83. The number of ether oxygens (including phenoxy) is 1. The molecular formula is C11H22NO7P. The van der Waals surface area contributed by atoms with E-state index in [1.54, 1.807) is 20.9 Å². The lowest BCUT2D eigenvalue weighted by atomic mass is 10.2. The van der Waals surface area contributed by atoms with E-state index in [0.29, 0.717) is 6.42 Å². The van der Waals surface area contributed by atoms with Crippen LogP contribution in [0.5, 0.6) is 0 Å². The standard InChI is InChI=1S/C11H22NO7P/c1-5-15-20(14,16-6-2)17-8-10-7-11(18-9(3)13)19-12(10)4/h10-11H,5-8H2,1-4H3/t10-,11+/m1/s1. The number of likely N-dealkylation sites (N-methyl/N-ethyl adjacent to an activating group) is 1. The number of carbonyl (C=O) groups excluding carboxylic acids is 1. The average Bonchev–Trinajstić information content (AvgIpc) is 2.67. The second-order valence-electron chi connectivity index (χ2n) is 4.16. The first-order valence-electron chi connectivity index (χ1n) is 6.50. The maximum Gasteiger partial charge on any atom is 0.474 e. The van der Waals surface area contributed by atoms with Gasteiger partial charge in [0, 0.05) is 20.4 Å². The Morgan fingerprint density at radius 2 is 1.90 bits per heavy atom. The van der Waals surface area contributed by atoms with Gasteiger partial charge in [0.15, 0.2) is 0 Å². The van der Waals surface area contributed by atoms with Crippen LogP contribution >= 0.6 is 7.82 Å². The van der Waals surface area contributed by atoms with Gasteiger partial charge in [-0.2, -0.15) is 5.06 Å². The van der Waals surface area contributed by atoms with Crippen molar-refractivity contribution in [3.8, 4) is 0 Å². The molecule has 0 N–H and O–H groups in total. The van der Waals surface area contributed by atoms with E-state index in [9.17, 15) is 9.36 Å². The SMILES string of the molecule is CCOP(=O)(OCC)OC[C@H]1C[C@@H](OC(C)=O)ON1C. The summed E-state index contributed by atoms with van der Waals surface area (Å²) in [5.74, 6) is -0.417. The number of hydroxylamine groups is 2. The number of carbonyl (C=O) groups is 1. The number of phosphoric acid groups is 1. The van der Waals surface area contributed by atoms with Gasteiger partial charge in [0.2, 0.25) is 6.29 Å². The number of rotatable bonds is 8. The van der Waals surface area contributed by atoms with E-state index in [1.807, 2.05) is 0 Å². The lowest BCUT2D eigenvalue weighted by molar-refractivity contribution is -0.226. The molecule has 0 saturated carbocycles. The van der Waals surface area contributed by atoms with E-state index in [4.69, 9.17) is 23.1 Å². The molecule has 1 saturated heterocycles. The third-order valence-corrected chi connectivity index (χ3v) is 4.17. The van der Waals surface area contributed by atoms with Crippen molar-refractivity contribution in [2.45, 2.75) is 39.5 Å². The minimum Gasteiger partial charge on any atom is -0.434 e. The fourth-order valence-electron chi connectivity index (χ4n) is 1.72. The summed E-state index contributed by atoms with van der Waals surface area (Å²) in [5.41, 5.74) is 0. The second kappa shape index (κ2) is 8.07. The fourth-order valence-corrected chi connectivity index (χ4v) is 2.93. The van der Waals surface area contributed by atoms with E-state index >= 15 is 0 Å². The average molecular weight is 311 g/mol. The summed E-state index contributed by atoms with van der Waals surface area (Å²) in [6.07, 6.45) is -0.224. The Morgan fingerprint density at radius 3 is 2.40 bits per heavy atom. The molecule has 1 fully saturated rings. The quantitative estimate of drug-likeness (QED) is 0.495. The molecule has 0 bridgehead atoms. The van der Waals surface area contributed by atoms with Gasteiger partial charge in [-0.15, -0.1) is 0 Å². The van der Waals surface area contributed by atoms with Crippen molar-refractivity contribution >= 4 is 13.8 Å². The summed E-state index contributed by atoms with van der Waals surface area (Å²) in [7, 11) is -1.85. The van der Waals surface area contributed by atoms with Crippen LogP contribution in [-0.2, 0) is 32.5 Å². The van der Waals surface area contributed by atoms with E-state index in [0.717, 1.165) is 0 Å². The van der Waals surface area contributed by atoms with E-state index in [2.05, 4.69) is 0 Å². The van der Waals surface area contributed by atoms with Crippen molar-refractivity contribution in [2.24, 2.45) is 0 Å². The minimum atomic E-state index is -3.54. The molecule has 0 aromatic heterocycles.